The standard InChI is InChI=1S/C4H12O4S2Si/c1-2-3-4-7-10(5,9)8-11-6/h6H,2-4,11H2,1H3. The van der Waals surface area contributed by atoms with Gasteiger partial charge < -0.3 is 4.80 Å². The molecule has 0 spiro atoms. The van der Waals surface area contributed by atoms with Gasteiger partial charge in [0.2, 0.25) is 0 Å². The molecule has 1 unspecified atom stereocenters. The van der Waals surface area contributed by atoms with Crippen LogP contribution in [0.2, 0.25) is 0 Å². The average molecular weight is 216 g/mol. The molecule has 0 heterocycles. The van der Waals surface area contributed by atoms with Gasteiger partial charge in [-0.1, -0.05) is 13.3 Å². The summed E-state index contributed by atoms with van der Waals surface area (Å²) in [6, 6.07) is 0. The molecule has 0 radical (unpaired) electrons. The van der Waals surface area contributed by atoms with Gasteiger partial charge in [0.25, 0.3) is 9.05 Å². The van der Waals surface area contributed by atoms with Crippen molar-refractivity contribution in [1.82, 2.24) is 0 Å². The summed E-state index contributed by atoms with van der Waals surface area (Å²) < 4.78 is 20.0. The van der Waals surface area contributed by atoms with E-state index in [9.17, 15) is 4.21 Å². The van der Waals surface area contributed by atoms with E-state index in [-0.39, 0.29) is 0 Å². The van der Waals surface area contributed by atoms with Crippen LogP contribution in [0.1, 0.15) is 19.8 Å². The Kier molecular flexibility index (Phi) is 6.29. The lowest BCUT2D eigenvalue weighted by Gasteiger charge is -2.05. The van der Waals surface area contributed by atoms with Crippen molar-refractivity contribution < 1.29 is 17.1 Å². The summed E-state index contributed by atoms with van der Waals surface area (Å²) in [5, 5.41) is 0. The summed E-state index contributed by atoms with van der Waals surface area (Å²) in [7, 11) is -4.79. The van der Waals surface area contributed by atoms with Crippen molar-refractivity contribution >= 4 is 30.2 Å². The lowest BCUT2D eigenvalue weighted by atomic mass is 10.4. The minimum atomic E-state index is -3.06. The Hall–Kier alpha value is 0.467. The quantitative estimate of drug-likeness (QED) is 0.474. The summed E-state index contributed by atoms with van der Waals surface area (Å²) in [5.74, 6) is 0. The molecule has 68 valence electrons. The predicted molar refractivity (Wildman–Crippen MR) is 48.2 cm³/mol. The second kappa shape index (κ2) is 6.04. The molecule has 0 aliphatic rings. The Morgan fingerprint density at radius 3 is 2.82 bits per heavy atom. The van der Waals surface area contributed by atoms with E-state index < -0.39 is 19.1 Å². The highest BCUT2D eigenvalue weighted by atomic mass is 32.9. The highest BCUT2D eigenvalue weighted by molar-refractivity contribution is 8.27. The number of unbranched alkanes of at least 4 members (excludes halogenated alkanes) is 1. The monoisotopic (exact) mass is 216 g/mol. The molecule has 0 aliphatic carbocycles. The fourth-order valence-electron chi connectivity index (χ4n) is 0.404. The highest BCUT2D eigenvalue weighted by Gasteiger charge is 2.04. The molecule has 7 heteroatoms. The third-order valence-corrected chi connectivity index (χ3v) is 4.11. The molecular weight excluding hydrogens is 204 g/mol. The molecule has 1 atom stereocenters. The number of hydrogen-bond donors (Lipinski definition) is 1. The summed E-state index contributed by atoms with van der Waals surface area (Å²) in [4.78, 5) is 8.35. The molecular formula is C4H12O4S2Si. The van der Waals surface area contributed by atoms with Gasteiger partial charge in [-0.15, -0.1) is 0 Å². The molecule has 4 nitrogen and oxygen atoms in total. The maximum Gasteiger partial charge on any atom is 0.322 e. The first-order chi connectivity index (χ1) is 5.12. The van der Waals surface area contributed by atoms with Gasteiger partial charge in [0.15, 0.2) is 0 Å². The first-order valence-electron chi connectivity index (χ1n) is 3.27. The Morgan fingerprint density at radius 1 is 1.73 bits per heavy atom. The lowest BCUT2D eigenvalue weighted by molar-refractivity contribution is 0.296. The highest BCUT2D eigenvalue weighted by Crippen LogP contribution is 1.97. The third kappa shape index (κ3) is 6.85. The smallest absolute Gasteiger partial charge is 0.322 e. The third-order valence-electron chi connectivity index (χ3n) is 0.923. The first kappa shape index (κ1) is 11.5. The van der Waals surface area contributed by atoms with Crippen molar-refractivity contribution in [3.8, 4) is 0 Å². The Morgan fingerprint density at radius 2 is 2.36 bits per heavy atom. The largest absolute Gasteiger partial charge is 0.415 e. The van der Waals surface area contributed by atoms with Crippen molar-refractivity contribution in [1.29, 1.82) is 0 Å². The molecule has 0 bridgehead atoms. The van der Waals surface area contributed by atoms with Crippen molar-refractivity contribution in [3.63, 3.8) is 0 Å². The van der Waals surface area contributed by atoms with Gasteiger partial charge in [-0.25, -0.2) is 0 Å². The van der Waals surface area contributed by atoms with Crippen LogP contribution in [0.4, 0.5) is 0 Å². The molecule has 0 aromatic carbocycles. The van der Waals surface area contributed by atoms with Crippen LogP contribution in [0.25, 0.3) is 0 Å². The van der Waals surface area contributed by atoms with Gasteiger partial charge >= 0.3 is 10.0 Å². The Bertz CT molecular complexity index is 179. The molecule has 0 rings (SSSR count). The van der Waals surface area contributed by atoms with Crippen LogP contribution < -0.4 is 0 Å². The minimum Gasteiger partial charge on any atom is -0.415 e. The molecule has 0 saturated heterocycles. The lowest BCUT2D eigenvalue weighted by Crippen LogP contribution is -2.12. The van der Waals surface area contributed by atoms with Crippen LogP contribution in [0.5, 0.6) is 0 Å². The second-order valence-corrected chi connectivity index (χ2v) is 5.31. The molecule has 0 fully saturated rings. The number of hydrogen-bond acceptors (Lipinski definition) is 5. The predicted octanol–water partition coefficient (Wildman–Crippen LogP) is -0.613. The topological polar surface area (TPSA) is 55.8 Å². The van der Waals surface area contributed by atoms with Crippen molar-refractivity contribution in [3.05, 3.63) is 0 Å². The van der Waals surface area contributed by atoms with Crippen molar-refractivity contribution in [2.45, 2.75) is 19.8 Å². The van der Waals surface area contributed by atoms with E-state index in [2.05, 4.69) is 15.1 Å². The van der Waals surface area contributed by atoms with Crippen molar-refractivity contribution in [2.24, 2.45) is 0 Å². The maximum absolute atomic E-state index is 10.9. The van der Waals surface area contributed by atoms with Crippen LogP contribution in [-0.2, 0) is 28.3 Å². The van der Waals surface area contributed by atoms with E-state index >= 15 is 0 Å². The van der Waals surface area contributed by atoms with E-state index in [1.54, 1.807) is 0 Å². The molecule has 0 aromatic heterocycles. The Labute approximate surface area is 74.0 Å². The molecule has 0 amide bonds. The first-order valence-corrected chi connectivity index (χ1v) is 6.81. The van der Waals surface area contributed by atoms with E-state index in [0.29, 0.717) is 6.61 Å². The van der Waals surface area contributed by atoms with Crippen LogP contribution in [0, 0.1) is 0 Å². The fourth-order valence-corrected chi connectivity index (χ4v) is 2.11. The van der Waals surface area contributed by atoms with Gasteiger partial charge in [-0.2, -0.15) is 4.21 Å². The zero-order chi connectivity index (χ0) is 8.74. The minimum absolute atomic E-state index is 0.327. The number of rotatable bonds is 6. The van der Waals surface area contributed by atoms with E-state index in [4.69, 9.17) is 8.98 Å². The van der Waals surface area contributed by atoms with Gasteiger partial charge in [-0.3, -0.25) is 8.06 Å². The van der Waals surface area contributed by atoms with Crippen LogP contribution in [-0.4, -0.2) is 25.6 Å². The van der Waals surface area contributed by atoms with E-state index in [0.717, 1.165) is 12.8 Å². The van der Waals surface area contributed by atoms with Gasteiger partial charge in [-0.05, 0) is 6.42 Å². The average Bonchev–Trinajstić information content (AvgIpc) is 1.87. The van der Waals surface area contributed by atoms with Crippen LogP contribution in [0.15, 0.2) is 0 Å². The van der Waals surface area contributed by atoms with Gasteiger partial charge in [0, 0.05) is 11.2 Å². The molecule has 0 aliphatic heterocycles. The summed E-state index contributed by atoms with van der Waals surface area (Å²) >= 11 is 4.41. The van der Waals surface area contributed by atoms with E-state index in [1.165, 1.54) is 0 Å². The zero-order valence-electron chi connectivity index (χ0n) is 6.32. The molecule has 0 aromatic rings. The van der Waals surface area contributed by atoms with Crippen LogP contribution >= 0.6 is 0 Å². The fraction of sp³-hybridized carbons (Fsp3) is 1.00. The second-order valence-electron chi connectivity index (χ2n) is 1.83. The van der Waals surface area contributed by atoms with Gasteiger partial charge in [0.05, 0.1) is 6.61 Å². The molecule has 0 saturated carbocycles. The summed E-state index contributed by atoms with van der Waals surface area (Å²) in [5.41, 5.74) is 0. The summed E-state index contributed by atoms with van der Waals surface area (Å²) in [6.07, 6.45) is 1.74. The molecule has 1 N–H and O–H groups in total. The summed E-state index contributed by atoms with van der Waals surface area (Å²) in [6.45, 7) is 2.31. The zero-order valence-corrected chi connectivity index (χ0v) is 9.36. The normalized spacial score (nSPS) is 17.3. The van der Waals surface area contributed by atoms with Crippen molar-refractivity contribution in [2.75, 3.05) is 6.61 Å². The van der Waals surface area contributed by atoms with E-state index in [1.807, 2.05) is 6.92 Å². The molecule has 11 heavy (non-hydrogen) atoms. The van der Waals surface area contributed by atoms with Crippen LogP contribution in [0.3, 0.4) is 0 Å². The Balaban J connectivity index is 3.56. The maximum atomic E-state index is 10.9. The SMILES string of the molecule is CCCCOS(=O)(=S)O[SiH2]O. The van der Waals surface area contributed by atoms with Gasteiger partial charge in [0.1, 0.15) is 0 Å².